The van der Waals surface area contributed by atoms with Crippen LogP contribution in [0, 0.1) is 29.1 Å². The molecule has 3 aliphatic carbocycles. The highest BCUT2D eigenvalue weighted by atomic mass is 35.5. The van der Waals surface area contributed by atoms with Gasteiger partial charge in [-0.2, -0.15) is 0 Å². The molecule has 0 aromatic carbocycles. The van der Waals surface area contributed by atoms with Crippen molar-refractivity contribution < 1.29 is 33.5 Å². The molecule has 4 aliphatic rings. The molecule has 1 aliphatic heterocycles. The van der Waals surface area contributed by atoms with E-state index in [1.165, 1.54) is 4.90 Å². The summed E-state index contributed by atoms with van der Waals surface area (Å²) in [5.41, 5.74) is 3.80. The van der Waals surface area contributed by atoms with Crippen molar-refractivity contribution in [2.24, 2.45) is 34.8 Å². The van der Waals surface area contributed by atoms with Gasteiger partial charge < -0.3 is 31.3 Å². The lowest BCUT2D eigenvalue weighted by molar-refractivity contribution is -0.160. The van der Waals surface area contributed by atoms with Crippen molar-refractivity contribution in [2.75, 3.05) is 6.54 Å². The maximum absolute atomic E-state index is 14.4. The molecule has 0 bridgehead atoms. The number of rotatable bonds is 11. The highest BCUT2D eigenvalue weighted by Gasteiger charge is 2.74. The summed E-state index contributed by atoms with van der Waals surface area (Å²) < 4.78 is 4.33. The number of nitrogens with one attached hydrogen (secondary N) is 3. The summed E-state index contributed by atoms with van der Waals surface area (Å²) in [6.07, 6.45) is 6.16. The van der Waals surface area contributed by atoms with Gasteiger partial charge in [0.25, 0.3) is 5.91 Å². The topological polar surface area (TPSA) is 177 Å². The smallest absolute Gasteiger partial charge is 0.329 e. The molecule has 14 heteroatoms. The molecule has 1 heterocycles. The number of piperidine rings is 1. The predicted molar refractivity (Wildman–Crippen MR) is 172 cm³/mol. The van der Waals surface area contributed by atoms with Crippen LogP contribution in [0.2, 0.25) is 0 Å². The van der Waals surface area contributed by atoms with Crippen LogP contribution in [0.4, 0.5) is 4.79 Å². The maximum Gasteiger partial charge on any atom is 0.329 e. The Morgan fingerprint density at radius 1 is 0.913 bits per heavy atom. The second kappa shape index (κ2) is 13.5. The number of likely N-dealkylation sites (tertiary alicyclic amines) is 1. The van der Waals surface area contributed by atoms with E-state index in [0.29, 0.717) is 12.8 Å². The fourth-order valence-corrected chi connectivity index (χ4v) is 7.64. The summed E-state index contributed by atoms with van der Waals surface area (Å²) in [5.74, 6) is -4.76. The largest absolute Gasteiger partial charge is 0.458 e. The minimum atomic E-state index is -1.24. The minimum Gasteiger partial charge on any atom is -0.458 e. The van der Waals surface area contributed by atoms with Gasteiger partial charge in [-0.3, -0.25) is 19.2 Å². The number of hydrogen-bond acceptors (Lipinski definition) is 7. The van der Waals surface area contributed by atoms with Gasteiger partial charge in [0.1, 0.15) is 28.1 Å². The van der Waals surface area contributed by atoms with Gasteiger partial charge in [0.05, 0.1) is 6.04 Å². The molecule has 5 amide bonds. The van der Waals surface area contributed by atoms with Gasteiger partial charge in [0.2, 0.25) is 17.6 Å². The van der Waals surface area contributed by atoms with E-state index < -0.39 is 80.9 Å². The molecule has 4 rings (SSSR count). The van der Waals surface area contributed by atoms with Crippen molar-refractivity contribution in [2.45, 2.75) is 127 Å². The van der Waals surface area contributed by atoms with E-state index in [9.17, 15) is 28.8 Å². The summed E-state index contributed by atoms with van der Waals surface area (Å²) in [5, 5.41) is 8.25. The fraction of sp³-hybridized carbons (Fsp3) is 0.812. The lowest BCUT2D eigenvalue weighted by atomic mass is 9.83. The van der Waals surface area contributed by atoms with Crippen molar-refractivity contribution in [1.82, 2.24) is 20.9 Å². The van der Waals surface area contributed by atoms with Gasteiger partial charge in [-0.05, 0) is 57.3 Å². The fourth-order valence-electron chi connectivity index (χ4n) is 6.81. The lowest BCUT2D eigenvalue weighted by Crippen LogP contribution is -2.62. The monoisotopic (exact) mass is 685 g/mol. The number of halogens is 2. The zero-order chi connectivity index (χ0) is 34.4. The number of nitrogens with two attached hydrogens (primary N) is 1. The van der Waals surface area contributed by atoms with Gasteiger partial charge in [-0.15, -0.1) is 23.2 Å². The molecule has 0 radical (unpaired) electrons. The van der Waals surface area contributed by atoms with Crippen molar-refractivity contribution >= 4 is 58.7 Å². The molecule has 0 aromatic rings. The van der Waals surface area contributed by atoms with Crippen LogP contribution in [-0.2, 0) is 28.7 Å². The van der Waals surface area contributed by atoms with Crippen molar-refractivity contribution in [3.05, 3.63) is 0 Å². The van der Waals surface area contributed by atoms with E-state index in [1.54, 1.807) is 41.5 Å². The molecule has 0 spiro atoms. The van der Waals surface area contributed by atoms with E-state index in [4.69, 9.17) is 33.7 Å². The molecule has 2 unspecified atom stereocenters. The maximum atomic E-state index is 14.4. The summed E-state index contributed by atoms with van der Waals surface area (Å²) in [7, 11) is 0. The molecule has 1 saturated heterocycles. The van der Waals surface area contributed by atoms with Crippen molar-refractivity contribution in [3.8, 4) is 0 Å². The number of urea groups is 1. The molecule has 3 saturated carbocycles. The first-order valence-electron chi connectivity index (χ1n) is 16.3. The number of ketones is 1. The van der Waals surface area contributed by atoms with Crippen LogP contribution in [0.15, 0.2) is 0 Å². The SMILES string of the molecule is CC(C)(C)OC(=O)C(NC(=O)N[C@H](C(=O)N1C[C@H]2[C@@H]([C@H]1C(=O)NC(CC1CC1)C(=O)C(N)=O)C2(Cl)Cl)C1CCCCC1)C(C)(C)C. The summed E-state index contributed by atoms with van der Waals surface area (Å²) in [6.45, 7) is 10.7. The summed E-state index contributed by atoms with van der Waals surface area (Å²) in [4.78, 5) is 80.5. The number of fused-ring (bicyclic) bond motifs is 1. The Labute approximate surface area is 280 Å². The molecule has 258 valence electrons. The van der Waals surface area contributed by atoms with E-state index in [-0.39, 0.29) is 30.7 Å². The predicted octanol–water partition coefficient (Wildman–Crippen LogP) is 2.96. The Bertz CT molecular complexity index is 1240. The third-order valence-corrected chi connectivity index (χ3v) is 10.5. The molecular formula is C32H49Cl2N5O7. The first kappa shape index (κ1) is 36.2. The highest BCUT2D eigenvalue weighted by molar-refractivity contribution is 6.51. The number of primary amides is 1. The highest BCUT2D eigenvalue weighted by Crippen LogP contribution is 2.65. The minimum absolute atomic E-state index is 0.0840. The molecule has 6 atom stereocenters. The van der Waals surface area contributed by atoms with Crippen LogP contribution in [0.1, 0.15) is 92.9 Å². The number of alkyl halides is 2. The number of carbonyl (C=O) groups excluding carboxylic acids is 6. The van der Waals surface area contributed by atoms with Gasteiger partial charge in [0.15, 0.2) is 0 Å². The van der Waals surface area contributed by atoms with Gasteiger partial charge >= 0.3 is 12.0 Å². The normalized spacial score (nSPS) is 26.2. The van der Waals surface area contributed by atoms with Crippen LogP contribution < -0.4 is 21.7 Å². The van der Waals surface area contributed by atoms with Crippen LogP contribution in [-0.4, -0.2) is 81.1 Å². The second-order valence-corrected chi connectivity index (χ2v) is 17.0. The standard InChI is InChI=1S/C32H49Cl2N5O7/c1-30(2,3)24(28(44)46-31(4,5)6)38-29(45)37-21(17-10-8-7-9-11-17)27(43)39-15-18-20(32(18,33)34)22(39)26(42)36-19(14-16-12-13-16)23(40)25(35)41/h16-22,24H,7-15H2,1-6H3,(H2,35,41)(H,36,42)(H2,37,38,45)/t18-,19?,20-,21-,22-,24?/m0/s1. The molecule has 4 fully saturated rings. The van der Waals surface area contributed by atoms with Gasteiger partial charge in [-0.25, -0.2) is 9.59 Å². The third kappa shape index (κ3) is 8.45. The van der Waals surface area contributed by atoms with Crippen molar-refractivity contribution in [1.29, 1.82) is 0 Å². The molecule has 46 heavy (non-hydrogen) atoms. The Balaban J connectivity index is 1.56. The Hall–Kier alpha value is -2.60. The average Bonchev–Trinajstić information content (AvgIpc) is 3.79. The Morgan fingerprint density at radius 3 is 2.04 bits per heavy atom. The molecular weight excluding hydrogens is 637 g/mol. The Kier molecular flexibility index (Phi) is 10.6. The number of amides is 5. The number of carbonyl (C=O) groups is 6. The van der Waals surface area contributed by atoms with Crippen LogP contribution >= 0.6 is 23.2 Å². The van der Waals surface area contributed by atoms with Gasteiger partial charge in [0, 0.05) is 18.4 Å². The van der Waals surface area contributed by atoms with Crippen LogP contribution in [0.3, 0.4) is 0 Å². The molecule has 5 N–H and O–H groups in total. The number of esters is 1. The first-order chi connectivity index (χ1) is 21.2. The van der Waals surface area contributed by atoms with E-state index in [0.717, 1.165) is 32.1 Å². The number of Topliss-reactive ketones (excluding diaryl/α,β-unsaturated/α-hetero) is 1. The number of ether oxygens (including phenoxy) is 1. The Morgan fingerprint density at radius 2 is 1.52 bits per heavy atom. The number of nitrogens with zero attached hydrogens (tertiary/aromatic N) is 1. The van der Waals surface area contributed by atoms with Gasteiger partial charge in [-0.1, -0.05) is 52.9 Å². The molecule has 0 aromatic heterocycles. The second-order valence-electron chi connectivity index (χ2n) is 15.5. The van der Waals surface area contributed by atoms with Crippen LogP contribution in [0.25, 0.3) is 0 Å². The van der Waals surface area contributed by atoms with E-state index in [1.807, 2.05) is 0 Å². The van der Waals surface area contributed by atoms with E-state index >= 15 is 0 Å². The third-order valence-electron chi connectivity index (χ3n) is 9.48. The van der Waals surface area contributed by atoms with Crippen molar-refractivity contribution in [3.63, 3.8) is 0 Å². The molecule has 12 nitrogen and oxygen atoms in total. The quantitative estimate of drug-likeness (QED) is 0.147. The van der Waals surface area contributed by atoms with Crippen LogP contribution in [0.5, 0.6) is 0 Å². The lowest BCUT2D eigenvalue weighted by Gasteiger charge is -2.37. The zero-order valence-electron chi connectivity index (χ0n) is 27.6. The summed E-state index contributed by atoms with van der Waals surface area (Å²) >= 11 is 13.1. The average molecular weight is 687 g/mol. The zero-order valence-corrected chi connectivity index (χ0v) is 29.1. The summed E-state index contributed by atoms with van der Waals surface area (Å²) in [6, 6.07) is -4.95. The van der Waals surface area contributed by atoms with E-state index in [2.05, 4.69) is 16.0 Å². The number of hydrogen-bond donors (Lipinski definition) is 4. The first-order valence-corrected chi connectivity index (χ1v) is 17.1.